The molecule has 6 rings (SSSR count). The van der Waals surface area contributed by atoms with Crippen molar-refractivity contribution in [3.8, 4) is 45.3 Å². The summed E-state index contributed by atoms with van der Waals surface area (Å²) >= 11 is 14.1. The van der Waals surface area contributed by atoms with Gasteiger partial charge in [-0.3, -0.25) is 19.6 Å². The van der Waals surface area contributed by atoms with Gasteiger partial charge >= 0.3 is 0 Å². The van der Waals surface area contributed by atoms with E-state index >= 15 is 0 Å². The molecule has 0 bridgehead atoms. The Balaban J connectivity index is 1.20. The van der Waals surface area contributed by atoms with E-state index < -0.39 is 0 Å². The van der Waals surface area contributed by atoms with Crippen molar-refractivity contribution in [1.82, 2.24) is 36.2 Å². The van der Waals surface area contributed by atoms with Crippen molar-refractivity contribution in [2.24, 2.45) is 0 Å². The van der Waals surface area contributed by atoms with Crippen molar-refractivity contribution in [2.75, 3.05) is 27.3 Å². The number of nitrogens with zero attached hydrogens (tertiary/aromatic N) is 3. The van der Waals surface area contributed by atoms with Crippen molar-refractivity contribution in [3.63, 3.8) is 0 Å². The number of hydrogen-bond acceptors (Lipinski definition) is 9. The van der Waals surface area contributed by atoms with Gasteiger partial charge in [-0.05, 0) is 31.0 Å². The number of carbonyl (C=O) groups excluding carboxylic acids is 2. The average Bonchev–Trinajstić information content (AvgIpc) is 3.72. The molecule has 2 atom stereocenters. The molecule has 2 fully saturated rings. The number of pyridine rings is 3. The number of aromatic nitrogens is 3. The number of nitrogens with one attached hydrogen (secondary N) is 4. The van der Waals surface area contributed by atoms with Crippen molar-refractivity contribution in [1.29, 1.82) is 0 Å². The standard InChI is InChI=1S/C35H37Cl2N7O4/c1-47-29-14-21(16-41-28(29)19-39-18-23-8-11-31(46)43-23)34-33(37)25(12-13-40-34)24-4-3-5-26(32(24)36)27-9-6-20(35(44-27)48-2)15-38-17-22-7-10-30(45)42-22/h3-6,9,12-14,16,22-23,38-39H,7-8,10-11,15,17-19H2,1-2H3,(H,42,45)(H,43,46)/t22-,23+/m1/s1. The van der Waals surface area contributed by atoms with Gasteiger partial charge in [0.25, 0.3) is 0 Å². The number of rotatable bonds is 13. The van der Waals surface area contributed by atoms with Gasteiger partial charge < -0.3 is 30.7 Å². The third kappa shape index (κ3) is 7.55. The first-order chi connectivity index (χ1) is 23.3. The van der Waals surface area contributed by atoms with E-state index in [1.807, 2.05) is 42.5 Å². The van der Waals surface area contributed by atoms with Crippen LogP contribution in [0.5, 0.6) is 11.6 Å². The molecule has 3 aromatic heterocycles. The highest BCUT2D eigenvalue weighted by molar-refractivity contribution is 6.39. The Labute approximate surface area is 289 Å². The molecule has 2 saturated heterocycles. The molecule has 5 heterocycles. The van der Waals surface area contributed by atoms with E-state index in [-0.39, 0.29) is 23.9 Å². The van der Waals surface area contributed by atoms with Crippen LogP contribution in [0.4, 0.5) is 0 Å². The van der Waals surface area contributed by atoms with Crippen molar-refractivity contribution >= 4 is 35.0 Å². The summed E-state index contributed by atoms with van der Waals surface area (Å²) < 4.78 is 11.3. The fourth-order valence-electron chi connectivity index (χ4n) is 6.04. The molecule has 0 radical (unpaired) electrons. The lowest BCUT2D eigenvalue weighted by atomic mass is 9.99. The third-order valence-electron chi connectivity index (χ3n) is 8.57. The maximum absolute atomic E-state index is 11.5. The Hall–Kier alpha value is -4.29. The van der Waals surface area contributed by atoms with Crippen LogP contribution in [-0.4, -0.2) is 66.2 Å². The molecule has 2 aliphatic rings. The smallest absolute Gasteiger partial charge is 0.220 e. The second-order valence-electron chi connectivity index (χ2n) is 11.8. The molecule has 250 valence electrons. The molecule has 2 amide bonds. The molecule has 11 nitrogen and oxygen atoms in total. The van der Waals surface area contributed by atoms with Crippen LogP contribution in [-0.2, 0) is 22.7 Å². The van der Waals surface area contributed by atoms with Crippen LogP contribution >= 0.6 is 23.2 Å². The molecular formula is C35H37Cl2N7O4. The van der Waals surface area contributed by atoms with E-state index in [9.17, 15) is 9.59 Å². The SMILES string of the molecule is COc1cc(-c2nccc(-c3cccc(-c4ccc(CNC[C@H]5CCC(=O)N5)c(OC)n4)c3Cl)c2Cl)cnc1CNC[C@@H]1CCC(=O)N1. The van der Waals surface area contributed by atoms with Crippen LogP contribution in [0.25, 0.3) is 33.6 Å². The molecule has 0 aliphatic carbocycles. The zero-order valence-corrected chi connectivity index (χ0v) is 28.3. The van der Waals surface area contributed by atoms with Crippen LogP contribution in [0.3, 0.4) is 0 Å². The maximum atomic E-state index is 11.5. The predicted octanol–water partition coefficient (Wildman–Crippen LogP) is 4.93. The Kier molecular flexibility index (Phi) is 10.7. The number of halogens is 2. The monoisotopic (exact) mass is 689 g/mol. The zero-order valence-electron chi connectivity index (χ0n) is 26.7. The van der Waals surface area contributed by atoms with Crippen molar-refractivity contribution in [2.45, 2.75) is 50.9 Å². The largest absolute Gasteiger partial charge is 0.495 e. The number of benzene rings is 1. The normalized spacial score (nSPS) is 17.3. The molecule has 13 heteroatoms. The van der Waals surface area contributed by atoms with E-state index in [1.54, 1.807) is 26.6 Å². The highest BCUT2D eigenvalue weighted by Crippen LogP contribution is 2.42. The first-order valence-corrected chi connectivity index (χ1v) is 16.6. The molecule has 4 aromatic rings. The number of methoxy groups -OCH3 is 2. The minimum atomic E-state index is 0.0880. The minimum absolute atomic E-state index is 0.0880. The number of amides is 2. The molecule has 0 saturated carbocycles. The fraction of sp³-hybridized carbons (Fsp3) is 0.343. The summed E-state index contributed by atoms with van der Waals surface area (Å²) in [5, 5.41) is 13.6. The Morgan fingerprint density at radius 1 is 0.833 bits per heavy atom. The average molecular weight is 691 g/mol. The van der Waals surface area contributed by atoms with E-state index in [1.165, 1.54) is 0 Å². The van der Waals surface area contributed by atoms with E-state index in [2.05, 4.69) is 31.2 Å². The van der Waals surface area contributed by atoms with Crippen LogP contribution in [0.1, 0.15) is 36.9 Å². The quantitative estimate of drug-likeness (QED) is 0.154. The van der Waals surface area contributed by atoms with E-state index in [0.717, 1.165) is 35.2 Å². The summed E-state index contributed by atoms with van der Waals surface area (Å²) in [6.45, 7) is 2.35. The summed E-state index contributed by atoms with van der Waals surface area (Å²) in [4.78, 5) is 37.0. The van der Waals surface area contributed by atoms with Crippen LogP contribution < -0.4 is 30.7 Å². The second kappa shape index (κ2) is 15.3. The van der Waals surface area contributed by atoms with Crippen molar-refractivity contribution in [3.05, 3.63) is 76.2 Å². The highest BCUT2D eigenvalue weighted by Gasteiger charge is 2.22. The zero-order chi connectivity index (χ0) is 33.6. The van der Waals surface area contributed by atoms with Crippen LogP contribution in [0, 0.1) is 0 Å². The summed E-state index contributed by atoms with van der Waals surface area (Å²) in [6, 6.07) is 13.6. The van der Waals surface area contributed by atoms with Gasteiger partial charge in [-0.2, -0.15) is 0 Å². The predicted molar refractivity (Wildman–Crippen MR) is 185 cm³/mol. The second-order valence-corrected chi connectivity index (χ2v) is 12.6. The van der Waals surface area contributed by atoms with Gasteiger partial charge in [0.2, 0.25) is 17.7 Å². The molecule has 2 aliphatic heterocycles. The third-order valence-corrected chi connectivity index (χ3v) is 9.36. The van der Waals surface area contributed by atoms with Gasteiger partial charge in [-0.1, -0.05) is 47.5 Å². The fourth-order valence-corrected chi connectivity index (χ4v) is 6.69. The summed E-state index contributed by atoms with van der Waals surface area (Å²) in [6.07, 6.45) is 6.20. The summed E-state index contributed by atoms with van der Waals surface area (Å²) in [5.74, 6) is 1.28. The van der Waals surface area contributed by atoms with Gasteiger partial charge in [0, 0.05) is 91.3 Å². The summed E-state index contributed by atoms with van der Waals surface area (Å²) in [7, 11) is 3.19. The molecule has 1 aromatic carbocycles. The molecule has 48 heavy (non-hydrogen) atoms. The van der Waals surface area contributed by atoms with Gasteiger partial charge in [0.1, 0.15) is 5.75 Å². The molecular weight excluding hydrogens is 653 g/mol. The van der Waals surface area contributed by atoms with Crippen LogP contribution in [0.2, 0.25) is 10.0 Å². The first-order valence-electron chi connectivity index (χ1n) is 15.9. The van der Waals surface area contributed by atoms with Crippen LogP contribution in [0.15, 0.2) is 54.9 Å². The topological polar surface area (TPSA) is 139 Å². The highest BCUT2D eigenvalue weighted by atomic mass is 35.5. The van der Waals surface area contributed by atoms with Gasteiger partial charge in [0.15, 0.2) is 0 Å². The summed E-state index contributed by atoms with van der Waals surface area (Å²) in [5.41, 5.74) is 5.70. The van der Waals surface area contributed by atoms with Gasteiger partial charge in [0.05, 0.1) is 41.3 Å². The van der Waals surface area contributed by atoms with Crippen molar-refractivity contribution < 1.29 is 19.1 Å². The van der Waals surface area contributed by atoms with Gasteiger partial charge in [-0.15, -0.1) is 0 Å². The number of carbonyl (C=O) groups is 2. The van der Waals surface area contributed by atoms with E-state index in [0.29, 0.717) is 83.2 Å². The minimum Gasteiger partial charge on any atom is -0.495 e. The van der Waals surface area contributed by atoms with Gasteiger partial charge in [-0.25, -0.2) is 4.98 Å². The first kappa shape index (κ1) is 33.6. The Bertz CT molecular complexity index is 1690. The number of hydrogen-bond donors (Lipinski definition) is 4. The lowest BCUT2D eigenvalue weighted by Crippen LogP contribution is -2.35. The lowest BCUT2D eigenvalue weighted by Gasteiger charge is -2.16. The molecule has 0 spiro atoms. The van der Waals surface area contributed by atoms with E-state index in [4.69, 9.17) is 37.7 Å². The lowest BCUT2D eigenvalue weighted by molar-refractivity contribution is -0.120. The Morgan fingerprint density at radius 3 is 2.19 bits per heavy atom. The molecule has 4 N–H and O–H groups in total. The molecule has 0 unspecified atom stereocenters. The number of ether oxygens (including phenoxy) is 2. The Morgan fingerprint density at radius 2 is 1.52 bits per heavy atom. The maximum Gasteiger partial charge on any atom is 0.220 e.